The van der Waals surface area contributed by atoms with Crippen molar-refractivity contribution in [2.75, 3.05) is 31.1 Å². The van der Waals surface area contributed by atoms with E-state index in [4.69, 9.17) is 4.74 Å². The number of piperazine rings is 1. The Labute approximate surface area is 194 Å². The summed E-state index contributed by atoms with van der Waals surface area (Å²) >= 11 is 0. The highest BCUT2D eigenvalue weighted by molar-refractivity contribution is 6.05. The molecule has 4 amide bonds. The van der Waals surface area contributed by atoms with E-state index in [0.717, 1.165) is 23.2 Å². The molecule has 3 aliphatic heterocycles. The molecule has 0 radical (unpaired) electrons. The van der Waals surface area contributed by atoms with Crippen molar-refractivity contribution in [3.63, 3.8) is 0 Å². The number of nitrogens with zero attached hydrogens (tertiary/aromatic N) is 3. The van der Waals surface area contributed by atoms with Gasteiger partial charge in [-0.25, -0.2) is 4.79 Å². The van der Waals surface area contributed by atoms with Crippen LogP contribution >= 0.6 is 0 Å². The van der Waals surface area contributed by atoms with Gasteiger partial charge in [0, 0.05) is 50.4 Å². The Morgan fingerprint density at radius 2 is 1.82 bits per heavy atom. The zero-order chi connectivity index (χ0) is 23.9. The van der Waals surface area contributed by atoms with Gasteiger partial charge in [0.1, 0.15) is 11.6 Å². The Bertz CT molecular complexity index is 991. The van der Waals surface area contributed by atoms with E-state index >= 15 is 0 Å². The summed E-state index contributed by atoms with van der Waals surface area (Å²) in [6.45, 7) is 10.5. The van der Waals surface area contributed by atoms with E-state index in [9.17, 15) is 19.2 Å². The molecule has 1 aromatic carbocycles. The van der Waals surface area contributed by atoms with Crippen LogP contribution in [0.2, 0.25) is 0 Å². The van der Waals surface area contributed by atoms with Crippen molar-refractivity contribution in [1.82, 2.24) is 15.1 Å². The molecule has 9 nitrogen and oxygen atoms in total. The molecular formula is C24H32N4O5. The number of amides is 4. The Hall–Kier alpha value is -3.10. The summed E-state index contributed by atoms with van der Waals surface area (Å²) < 4.78 is 5.49. The van der Waals surface area contributed by atoms with Crippen LogP contribution in [0.3, 0.4) is 0 Å². The summed E-state index contributed by atoms with van der Waals surface area (Å²) in [5, 5.41) is 2.35. The van der Waals surface area contributed by atoms with Gasteiger partial charge in [0.25, 0.3) is 5.91 Å². The molecule has 2 saturated heterocycles. The average Bonchev–Trinajstić information content (AvgIpc) is 3.08. The largest absolute Gasteiger partial charge is 0.444 e. The maximum absolute atomic E-state index is 13.1. The molecule has 2 fully saturated rings. The smallest absolute Gasteiger partial charge is 0.410 e. The van der Waals surface area contributed by atoms with Gasteiger partial charge >= 0.3 is 6.09 Å². The van der Waals surface area contributed by atoms with E-state index in [0.29, 0.717) is 44.7 Å². The van der Waals surface area contributed by atoms with Crippen LogP contribution in [0.1, 0.15) is 62.0 Å². The number of fused-ring (bicyclic) bond motifs is 1. The fourth-order valence-electron chi connectivity index (χ4n) is 4.84. The predicted octanol–water partition coefficient (Wildman–Crippen LogP) is 2.07. The van der Waals surface area contributed by atoms with Crippen molar-refractivity contribution in [1.29, 1.82) is 0 Å². The molecule has 0 spiro atoms. The second-order valence-electron chi connectivity index (χ2n) is 9.80. The maximum atomic E-state index is 13.1. The molecule has 1 N–H and O–H groups in total. The lowest BCUT2D eigenvalue weighted by molar-refractivity contribution is -0.136. The fraction of sp³-hybridized carbons (Fsp3) is 0.583. The molecule has 0 aromatic heterocycles. The molecule has 33 heavy (non-hydrogen) atoms. The van der Waals surface area contributed by atoms with E-state index in [1.54, 1.807) is 9.80 Å². The highest BCUT2D eigenvalue weighted by Gasteiger charge is 2.40. The van der Waals surface area contributed by atoms with Gasteiger partial charge in [-0.05, 0) is 56.9 Å². The minimum Gasteiger partial charge on any atom is -0.444 e. The summed E-state index contributed by atoms with van der Waals surface area (Å²) in [4.78, 5) is 54.9. The van der Waals surface area contributed by atoms with Crippen molar-refractivity contribution in [3.05, 3.63) is 28.8 Å². The van der Waals surface area contributed by atoms with Gasteiger partial charge in [-0.2, -0.15) is 0 Å². The van der Waals surface area contributed by atoms with Crippen LogP contribution in [-0.4, -0.2) is 71.4 Å². The topological polar surface area (TPSA) is 99.3 Å². The first-order chi connectivity index (χ1) is 15.6. The molecule has 1 aromatic rings. The lowest BCUT2D eigenvalue weighted by atomic mass is 9.98. The van der Waals surface area contributed by atoms with Crippen LogP contribution in [0.4, 0.5) is 10.5 Å². The molecule has 178 valence electrons. The standard InChI is InChI=1S/C24H32N4O5/c1-5-15-17-14-28(19-8-9-20(29)25-21(19)30)22(31)16(17)6-7-18(15)26-10-12-27(13-11-26)23(32)33-24(2,3)4/h6-7,19H,5,8-14H2,1-4H3,(H,25,29,30). The van der Waals surface area contributed by atoms with Gasteiger partial charge < -0.3 is 19.4 Å². The Kier molecular flexibility index (Phi) is 6.07. The number of imide groups is 1. The Morgan fingerprint density at radius 1 is 1.12 bits per heavy atom. The average molecular weight is 457 g/mol. The summed E-state index contributed by atoms with van der Waals surface area (Å²) in [7, 11) is 0. The number of hydrogen-bond donors (Lipinski definition) is 1. The zero-order valence-corrected chi connectivity index (χ0v) is 19.8. The molecular weight excluding hydrogens is 424 g/mol. The third kappa shape index (κ3) is 4.54. The van der Waals surface area contributed by atoms with Crippen LogP contribution in [0, 0.1) is 0 Å². The molecule has 0 bridgehead atoms. The van der Waals surface area contributed by atoms with E-state index in [-0.39, 0.29) is 24.3 Å². The molecule has 4 rings (SSSR count). The van der Waals surface area contributed by atoms with Gasteiger partial charge in [0.05, 0.1) is 0 Å². The fourth-order valence-corrected chi connectivity index (χ4v) is 4.84. The van der Waals surface area contributed by atoms with Gasteiger partial charge in [-0.1, -0.05) is 6.92 Å². The summed E-state index contributed by atoms with van der Waals surface area (Å²) in [5.74, 6) is -0.845. The van der Waals surface area contributed by atoms with Crippen molar-refractivity contribution in [2.45, 2.75) is 65.1 Å². The number of ether oxygens (including phenoxy) is 1. The van der Waals surface area contributed by atoms with Crippen LogP contribution in [-0.2, 0) is 27.3 Å². The van der Waals surface area contributed by atoms with Crippen LogP contribution in [0.25, 0.3) is 0 Å². The summed E-state index contributed by atoms with van der Waals surface area (Å²) in [6, 6.07) is 3.21. The highest BCUT2D eigenvalue weighted by Crippen LogP contribution is 2.35. The second-order valence-corrected chi connectivity index (χ2v) is 9.80. The number of hydrogen-bond acceptors (Lipinski definition) is 6. The highest BCUT2D eigenvalue weighted by atomic mass is 16.6. The maximum Gasteiger partial charge on any atom is 0.410 e. The minimum atomic E-state index is -0.617. The number of carbonyl (C=O) groups excluding carboxylic acids is 4. The number of nitrogens with one attached hydrogen (secondary N) is 1. The number of benzene rings is 1. The molecule has 0 saturated carbocycles. The SMILES string of the molecule is CCc1c(N2CCN(C(=O)OC(C)(C)C)CC2)ccc2c1CN(C1CCC(=O)NC1=O)C2=O. The van der Waals surface area contributed by atoms with Gasteiger partial charge in [-0.15, -0.1) is 0 Å². The van der Waals surface area contributed by atoms with Gasteiger partial charge in [0.15, 0.2) is 0 Å². The Balaban J connectivity index is 1.50. The first-order valence-electron chi connectivity index (χ1n) is 11.6. The number of anilines is 1. The van der Waals surface area contributed by atoms with Crippen LogP contribution in [0.15, 0.2) is 12.1 Å². The first kappa shape index (κ1) is 23.1. The lowest BCUT2D eigenvalue weighted by Gasteiger charge is -2.37. The van der Waals surface area contributed by atoms with Crippen molar-refractivity contribution < 1.29 is 23.9 Å². The van der Waals surface area contributed by atoms with Crippen LogP contribution in [0.5, 0.6) is 0 Å². The summed E-state index contributed by atoms with van der Waals surface area (Å²) in [5.41, 5.74) is 3.23. The van der Waals surface area contributed by atoms with Gasteiger partial charge in [0.2, 0.25) is 11.8 Å². The molecule has 0 aliphatic carbocycles. The van der Waals surface area contributed by atoms with E-state index in [1.807, 2.05) is 32.9 Å². The third-order valence-electron chi connectivity index (χ3n) is 6.44. The summed E-state index contributed by atoms with van der Waals surface area (Å²) in [6.07, 6.45) is 1.05. The van der Waals surface area contributed by atoms with E-state index in [1.165, 1.54) is 0 Å². The molecule has 9 heteroatoms. The number of rotatable bonds is 3. The third-order valence-corrected chi connectivity index (χ3v) is 6.44. The van der Waals surface area contributed by atoms with Crippen molar-refractivity contribution >= 4 is 29.5 Å². The molecule has 3 heterocycles. The zero-order valence-electron chi connectivity index (χ0n) is 19.8. The van der Waals surface area contributed by atoms with E-state index < -0.39 is 17.6 Å². The molecule has 1 atom stereocenters. The van der Waals surface area contributed by atoms with Crippen molar-refractivity contribution in [3.8, 4) is 0 Å². The van der Waals surface area contributed by atoms with Crippen molar-refractivity contribution in [2.24, 2.45) is 0 Å². The number of carbonyl (C=O) groups is 4. The normalized spacial score (nSPS) is 21.3. The van der Waals surface area contributed by atoms with E-state index in [2.05, 4.69) is 17.1 Å². The molecule has 3 aliphatic rings. The minimum absolute atomic E-state index is 0.157. The predicted molar refractivity (Wildman–Crippen MR) is 122 cm³/mol. The number of piperidine rings is 1. The second kappa shape index (κ2) is 8.68. The first-order valence-corrected chi connectivity index (χ1v) is 11.6. The van der Waals surface area contributed by atoms with Gasteiger partial charge in [-0.3, -0.25) is 19.7 Å². The monoisotopic (exact) mass is 456 g/mol. The Morgan fingerprint density at radius 3 is 2.42 bits per heavy atom. The lowest BCUT2D eigenvalue weighted by Crippen LogP contribution is -2.52. The van der Waals surface area contributed by atoms with Crippen LogP contribution < -0.4 is 10.2 Å². The molecule has 1 unspecified atom stereocenters. The quantitative estimate of drug-likeness (QED) is 0.699.